The molecule has 0 spiro atoms. The molecule has 0 N–H and O–H groups in total. The molecule has 158 valence electrons. The second-order valence-corrected chi connectivity index (χ2v) is 7.88. The number of carbonyl (C=O) groups is 1. The Morgan fingerprint density at radius 2 is 2.07 bits per heavy atom. The summed E-state index contributed by atoms with van der Waals surface area (Å²) >= 11 is 0. The standard InChI is InChI=1S/C22H31N3O4/c1-16(2)13-25(20(26)15-27-4)14-19-21(18-7-5-6-17(3)12-18)23-29-22(19)24-8-10-28-11-9-24/h5-7,12,16H,8-11,13-15H2,1-4H3. The molecule has 3 rings (SSSR count). The van der Waals surface area contributed by atoms with E-state index in [1.165, 1.54) is 0 Å². The van der Waals surface area contributed by atoms with Gasteiger partial charge < -0.3 is 23.8 Å². The lowest BCUT2D eigenvalue weighted by Gasteiger charge is -2.29. The van der Waals surface area contributed by atoms with E-state index >= 15 is 0 Å². The molecule has 1 aromatic carbocycles. The second-order valence-electron chi connectivity index (χ2n) is 7.88. The van der Waals surface area contributed by atoms with Crippen molar-refractivity contribution in [1.82, 2.24) is 10.1 Å². The molecule has 1 aromatic heterocycles. The van der Waals surface area contributed by atoms with Gasteiger partial charge in [-0.05, 0) is 18.9 Å². The van der Waals surface area contributed by atoms with E-state index < -0.39 is 0 Å². The Balaban J connectivity index is 2.00. The normalized spacial score (nSPS) is 14.4. The molecule has 0 unspecified atom stereocenters. The zero-order chi connectivity index (χ0) is 20.8. The van der Waals surface area contributed by atoms with Gasteiger partial charge in [0.05, 0.1) is 25.3 Å². The Hall–Kier alpha value is -2.38. The minimum absolute atomic E-state index is 0.0366. The maximum Gasteiger partial charge on any atom is 0.248 e. The van der Waals surface area contributed by atoms with Gasteiger partial charge in [-0.15, -0.1) is 0 Å². The van der Waals surface area contributed by atoms with Crippen molar-refractivity contribution in [1.29, 1.82) is 0 Å². The monoisotopic (exact) mass is 401 g/mol. The highest BCUT2D eigenvalue weighted by atomic mass is 16.5. The minimum Gasteiger partial charge on any atom is -0.378 e. The molecular formula is C22H31N3O4. The van der Waals surface area contributed by atoms with Crippen LogP contribution in [-0.4, -0.2) is 62.5 Å². The summed E-state index contributed by atoms with van der Waals surface area (Å²) in [6, 6.07) is 8.19. The molecule has 29 heavy (non-hydrogen) atoms. The molecule has 1 fully saturated rings. The first-order valence-electron chi connectivity index (χ1n) is 10.1. The molecule has 1 amide bonds. The van der Waals surface area contributed by atoms with E-state index in [0.717, 1.165) is 41.4 Å². The molecule has 1 aliphatic rings. The summed E-state index contributed by atoms with van der Waals surface area (Å²) in [5, 5.41) is 4.41. The third-order valence-electron chi connectivity index (χ3n) is 4.91. The van der Waals surface area contributed by atoms with Crippen molar-refractivity contribution >= 4 is 11.8 Å². The van der Waals surface area contributed by atoms with Crippen molar-refractivity contribution in [2.75, 3.05) is 51.5 Å². The van der Waals surface area contributed by atoms with Crippen LogP contribution in [0.2, 0.25) is 0 Å². The Labute approximate surface area is 172 Å². The maximum atomic E-state index is 12.7. The van der Waals surface area contributed by atoms with Gasteiger partial charge in [-0.25, -0.2) is 0 Å². The first kappa shape index (κ1) is 21.3. The third kappa shape index (κ3) is 5.36. The van der Waals surface area contributed by atoms with Gasteiger partial charge in [0, 0.05) is 32.3 Å². The van der Waals surface area contributed by atoms with Gasteiger partial charge >= 0.3 is 0 Å². The number of rotatable bonds is 8. The molecular weight excluding hydrogens is 370 g/mol. The van der Waals surface area contributed by atoms with Gasteiger partial charge in [0.25, 0.3) is 0 Å². The molecule has 7 nitrogen and oxygen atoms in total. The van der Waals surface area contributed by atoms with Crippen molar-refractivity contribution in [2.45, 2.75) is 27.3 Å². The van der Waals surface area contributed by atoms with Crippen LogP contribution in [0.15, 0.2) is 28.8 Å². The first-order valence-corrected chi connectivity index (χ1v) is 10.1. The molecule has 1 aliphatic heterocycles. The van der Waals surface area contributed by atoms with Gasteiger partial charge in [0.2, 0.25) is 11.8 Å². The average molecular weight is 402 g/mol. The van der Waals surface area contributed by atoms with Gasteiger partial charge in [0.1, 0.15) is 12.3 Å². The van der Waals surface area contributed by atoms with E-state index in [2.05, 4.69) is 43.0 Å². The van der Waals surface area contributed by atoms with Gasteiger partial charge in [-0.2, -0.15) is 0 Å². The number of benzene rings is 1. The SMILES string of the molecule is COCC(=O)N(Cc1c(-c2cccc(C)c2)noc1N1CCOCC1)CC(C)C. The fraction of sp³-hybridized carbons (Fsp3) is 0.545. The summed E-state index contributed by atoms with van der Waals surface area (Å²) in [6.07, 6.45) is 0. The van der Waals surface area contributed by atoms with Crippen LogP contribution in [-0.2, 0) is 20.8 Å². The van der Waals surface area contributed by atoms with Crippen LogP contribution in [0, 0.1) is 12.8 Å². The predicted molar refractivity (Wildman–Crippen MR) is 112 cm³/mol. The highest BCUT2D eigenvalue weighted by molar-refractivity contribution is 5.78. The molecule has 0 aliphatic carbocycles. The van der Waals surface area contributed by atoms with Crippen molar-refractivity contribution in [3.8, 4) is 11.3 Å². The number of hydrogen-bond acceptors (Lipinski definition) is 6. The van der Waals surface area contributed by atoms with Gasteiger partial charge in [-0.3, -0.25) is 4.79 Å². The quantitative estimate of drug-likeness (QED) is 0.677. The van der Waals surface area contributed by atoms with Crippen LogP contribution < -0.4 is 4.90 Å². The molecule has 7 heteroatoms. The van der Waals surface area contributed by atoms with Crippen molar-refractivity contribution in [3.63, 3.8) is 0 Å². The summed E-state index contributed by atoms with van der Waals surface area (Å²) < 4.78 is 16.4. The number of ether oxygens (including phenoxy) is 2. The molecule has 0 bridgehead atoms. The largest absolute Gasteiger partial charge is 0.378 e. The first-order chi connectivity index (χ1) is 14.0. The van der Waals surface area contributed by atoms with Crippen molar-refractivity contribution in [3.05, 3.63) is 35.4 Å². The lowest BCUT2D eigenvalue weighted by molar-refractivity contribution is -0.136. The Bertz CT molecular complexity index is 812. The number of nitrogens with zero attached hydrogens (tertiary/aromatic N) is 3. The smallest absolute Gasteiger partial charge is 0.248 e. The predicted octanol–water partition coefficient (Wildman–Crippen LogP) is 3.12. The maximum absolute atomic E-state index is 12.7. The lowest BCUT2D eigenvalue weighted by atomic mass is 10.0. The van der Waals surface area contributed by atoms with E-state index in [9.17, 15) is 4.79 Å². The van der Waals surface area contributed by atoms with E-state index in [4.69, 9.17) is 14.0 Å². The number of methoxy groups -OCH3 is 1. The molecule has 0 radical (unpaired) electrons. The molecule has 2 heterocycles. The van der Waals surface area contributed by atoms with Gasteiger partial charge in [0.15, 0.2) is 0 Å². The molecule has 0 atom stereocenters. The van der Waals surface area contributed by atoms with E-state index in [0.29, 0.717) is 32.2 Å². The fourth-order valence-corrected chi connectivity index (χ4v) is 3.58. The molecule has 0 saturated carbocycles. The van der Waals surface area contributed by atoms with Crippen LogP contribution in [0.4, 0.5) is 5.88 Å². The van der Waals surface area contributed by atoms with E-state index in [1.807, 2.05) is 17.0 Å². The second kappa shape index (κ2) is 9.89. The summed E-state index contributed by atoms with van der Waals surface area (Å²) in [5.74, 6) is 1.03. The number of anilines is 1. The number of hydrogen-bond donors (Lipinski definition) is 0. The average Bonchev–Trinajstić information content (AvgIpc) is 3.11. The molecule has 1 saturated heterocycles. The zero-order valence-corrected chi connectivity index (χ0v) is 17.8. The summed E-state index contributed by atoms with van der Waals surface area (Å²) in [6.45, 7) is 10.2. The number of aromatic nitrogens is 1. The topological polar surface area (TPSA) is 68.0 Å². The summed E-state index contributed by atoms with van der Waals surface area (Å²) in [4.78, 5) is 16.7. The van der Waals surface area contributed by atoms with Crippen molar-refractivity contribution < 1.29 is 18.8 Å². The minimum atomic E-state index is -0.0366. The lowest BCUT2D eigenvalue weighted by Crippen LogP contribution is -2.38. The highest BCUT2D eigenvalue weighted by Gasteiger charge is 2.27. The number of carbonyl (C=O) groups excluding carboxylic acids is 1. The Morgan fingerprint density at radius 3 is 2.72 bits per heavy atom. The van der Waals surface area contributed by atoms with Crippen LogP contribution in [0.25, 0.3) is 11.3 Å². The van der Waals surface area contributed by atoms with Crippen LogP contribution in [0.5, 0.6) is 0 Å². The Morgan fingerprint density at radius 1 is 1.31 bits per heavy atom. The van der Waals surface area contributed by atoms with Crippen LogP contribution in [0.1, 0.15) is 25.0 Å². The third-order valence-corrected chi connectivity index (χ3v) is 4.91. The summed E-state index contributed by atoms with van der Waals surface area (Å²) in [5.41, 5.74) is 3.86. The number of morpholine rings is 1. The molecule has 2 aromatic rings. The van der Waals surface area contributed by atoms with Crippen molar-refractivity contribution in [2.24, 2.45) is 5.92 Å². The van der Waals surface area contributed by atoms with Crippen LogP contribution >= 0.6 is 0 Å². The number of aryl methyl sites for hydroxylation is 1. The van der Waals surface area contributed by atoms with E-state index in [1.54, 1.807) is 7.11 Å². The number of amides is 1. The van der Waals surface area contributed by atoms with Crippen LogP contribution in [0.3, 0.4) is 0 Å². The fourth-order valence-electron chi connectivity index (χ4n) is 3.58. The zero-order valence-electron chi connectivity index (χ0n) is 17.8. The Kier molecular flexibility index (Phi) is 7.28. The van der Waals surface area contributed by atoms with E-state index in [-0.39, 0.29) is 12.5 Å². The van der Waals surface area contributed by atoms with Gasteiger partial charge in [-0.1, -0.05) is 42.8 Å². The summed E-state index contributed by atoms with van der Waals surface area (Å²) in [7, 11) is 1.54. The highest BCUT2D eigenvalue weighted by Crippen LogP contribution is 2.33.